The Labute approximate surface area is 139 Å². The highest BCUT2D eigenvalue weighted by Crippen LogP contribution is 2.09. The summed E-state index contributed by atoms with van der Waals surface area (Å²) in [5.41, 5.74) is 2.18. The number of nitrogens with one attached hydrogen (secondary N) is 1. The fraction of sp³-hybridized carbons (Fsp3) is 0.533. The molecule has 2 aromatic rings. The van der Waals surface area contributed by atoms with Gasteiger partial charge in [0.1, 0.15) is 6.54 Å². The van der Waals surface area contributed by atoms with E-state index in [1.807, 2.05) is 19.9 Å². The smallest absolute Gasteiger partial charge is 0.276 e. The minimum atomic E-state index is -0.156. The van der Waals surface area contributed by atoms with Crippen LogP contribution in [0.4, 0.5) is 0 Å². The predicted molar refractivity (Wildman–Crippen MR) is 85.2 cm³/mol. The summed E-state index contributed by atoms with van der Waals surface area (Å²) in [5.74, 6) is -0.131. The van der Waals surface area contributed by atoms with Crippen LogP contribution in [0.25, 0.3) is 0 Å². The number of aromatic amines is 1. The topological polar surface area (TPSA) is 100 Å². The summed E-state index contributed by atoms with van der Waals surface area (Å²) < 4.78 is 1.72. The lowest BCUT2D eigenvalue weighted by Gasteiger charge is -2.22. The second-order valence-electron chi connectivity index (χ2n) is 5.97. The van der Waals surface area contributed by atoms with Gasteiger partial charge < -0.3 is 9.80 Å². The van der Waals surface area contributed by atoms with Gasteiger partial charge in [0.15, 0.2) is 5.69 Å². The van der Waals surface area contributed by atoms with E-state index in [1.165, 1.54) is 6.20 Å². The van der Waals surface area contributed by atoms with Crippen LogP contribution in [0.2, 0.25) is 0 Å². The number of H-pyrrole nitrogens is 1. The van der Waals surface area contributed by atoms with Gasteiger partial charge in [-0.05, 0) is 26.3 Å². The SMILES string of the molecule is Cc1cc(C)n(CC(=O)N2CCCN(C(=O)c3cn[nH]n3)CC2)n1. The van der Waals surface area contributed by atoms with Crippen LogP contribution < -0.4 is 0 Å². The third kappa shape index (κ3) is 3.44. The highest BCUT2D eigenvalue weighted by molar-refractivity contribution is 5.92. The van der Waals surface area contributed by atoms with Crippen LogP contribution in [0.1, 0.15) is 28.3 Å². The van der Waals surface area contributed by atoms with Gasteiger partial charge in [0.25, 0.3) is 5.91 Å². The number of nitrogens with zero attached hydrogens (tertiary/aromatic N) is 6. The molecule has 1 N–H and O–H groups in total. The molecule has 2 aromatic heterocycles. The van der Waals surface area contributed by atoms with Gasteiger partial charge in [0, 0.05) is 31.9 Å². The van der Waals surface area contributed by atoms with Crippen LogP contribution in [-0.2, 0) is 11.3 Å². The van der Waals surface area contributed by atoms with Crippen molar-refractivity contribution in [2.24, 2.45) is 0 Å². The molecule has 0 aliphatic carbocycles. The number of carbonyl (C=O) groups excluding carboxylic acids is 2. The summed E-state index contributed by atoms with van der Waals surface area (Å²) >= 11 is 0. The van der Waals surface area contributed by atoms with Crippen LogP contribution in [-0.4, -0.2) is 73.0 Å². The molecule has 1 saturated heterocycles. The van der Waals surface area contributed by atoms with Crippen LogP contribution in [0, 0.1) is 13.8 Å². The van der Waals surface area contributed by atoms with Crippen LogP contribution >= 0.6 is 0 Å². The normalized spacial score (nSPS) is 15.4. The van der Waals surface area contributed by atoms with Crippen molar-refractivity contribution in [3.63, 3.8) is 0 Å². The van der Waals surface area contributed by atoms with Crippen molar-refractivity contribution >= 4 is 11.8 Å². The van der Waals surface area contributed by atoms with Gasteiger partial charge in [-0.3, -0.25) is 14.3 Å². The Bertz CT molecular complexity index is 722. The van der Waals surface area contributed by atoms with Crippen LogP contribution in [0.3, 0.4) is 0 Å². The molecule has 0 spiro atoms. The highest BCUT2D eigenvalue weighted by atomic mass is 16.2. The van der Waals surface area contributed by atoms with Gasteiger partial charge in [0.2, 0.25) is 5.91 Å². The molecule has 1 aliphatic rings. The summed E-state index contributed by atoms with van der Waals surface area (Å²) in [6, 6.07) is 1.95. The molecular weight excluding hydrogens is 310 g/mol. The fourth-order valence-electron chi connectivity index (χ4n) is 2.90. The van der Waals surface area contributed by atoms with E-state index < -0.39 is 0 Å². The summed E-state index contributed by atoms with van der Waals surface area (Å²) in [6.07, 6.45) is 2.16. The second-order valence-corrected chi connectivity index (χ2v) is 5.97. The molecule has 0 saturated carbocycles. The Morgan fingerprint density at radius 3 is 2.58 bits per heavy atom. The zero-order valence-corrected chi connectivity index (χ0v) is 13.9. The molecule has 2 amide bonds. The molecule has 1 fully saturated rings. The third-order valence-electron chi connectivity index (χ3n) is 4.16. The summed E-state index contributed by atoms with van der Waals surface area (Å²) in [5, 5.41) is 14.3. The lowest BCUT2D eigenvalue weighted by atomic mass is 10.3. The Balaban J connectivity index is 1.60. The van der Waals surface area contributed by atoms with Crippen molar-refractivity contribution in [2.75, 3.05) is 26.2 Å². The number of rotatable bonds is 3. The summed E-state index contributed by atoms with van der Waals surface area (Å²) in [7, 11) is 0. The summed E-state index contributed by atoms with van der Waals surface area (Å²) in [4.78, 5) is 28.4. The Morgan fingerprint density at radius 1 is 1.17 bits per heavy atom. The number of hydrogen-bond acceptors (Lipinski definition) is 5. The van der Waals surface area contributed by atoms with Gasteiger partial charge in [-0.1, -0.05) is 0 Å². The van der Waals surface area contributed by atoms with Gasteiger partial charge in [-0.2, -0.15) is 20.5 Å². The molecule has 3 heterocycles. The van der Waals surface area contributed by atoms with E-state index in [1.54, 1.807) is 14.5 Å². The minimum Gasteiger partial charge on any atom is -0.339 e. The molecule has 0 atom stereocenters. The number of carbonyl (C=O) groups is 2. The maximum Gasteiger partial charge on any atom is 0.276 e. The van der Waals surface area contributed by atoms with E-state index in [-0.39, 0.29) is 18.4 Å². The second kappa shape index (κ2) is 6.81. The van der Waals surface area contributed by atoms with Gasteiger partial charge in [0.05, 0.1) is 11.9 Å². The van der Waals surface area contributed by atoms with Crippen LogP contribution in [0.15, 0.2) is 12.3 Å². The molecule has 1 aliphatic heterocycles. The standard InChI is InChI=1S/C15H21N7O2/c1-11-8-12(2)22(18-11)10-14(23)20-4-3-5-21(7-6-20)15(24)13-9-16-19-17-13/h8-9H,3-7,10H2,1-2H3,(H,16,17,19). The molecule has 0 bridgehead atoms. The first-order valence-corrected chi connectivity index (χ1v) is 7.98. The van der Waals surface area contributed by atoms with Crippen molar-refractivity contribution < 1.29 is 9.59 Å². The highest BCUT2D eigenvalue weighted by Gasteiger charge is 2.24. The van der Waals surface area contributed by atoms with Gasteiger partial charge in [-0.15, -0.1) is 0 Å². The molecule has 0 radical (unpaired) electrons. The van der Waals surface area contributed by atoms with Crippen molar-refractivity contribution in [3.05, 3.63) is 29.3 Å². The first-order chi connectivity index (χ1) is 11.5. The van der Waals surface area contributed by atoms with E-state index in [0.717, 1.165) is 17.8 Å². The molecule has 24 heavy (non-hydrogen) atoms. The molecule has 128 valence electrons. The van der Waals surface area contributed by atoms with Gasteiger partial charge >= 0.3 is 0 Å². The predicted octanol–water partition coefficient (Wildman–Crippen LogP) is -0.00726. The van der Waals surface area contributed by atoms with Crippen LogP contribution in [0.5, 0.6) is 0 Å². The van der Waals surface area contributed by atoms with Crippen molar-refractivity contribution in [3.8, 4) is 0 Å². The van der Waals surface area contributed by atoms with Gasteiger partial charge in [-0.25, -0.2) is 0 Å². The largest absolute Gasteiger partial charge is 0.339 e. The average Bonchev–Trinajstić information content (AvgIpc) is 3.10. The lowest BCUT2D eigenvalue weighted by Crippen LogP contribution is -2.39. The Hall–Kier alpha value is -2.71. The number of hydrogen-bond donors (Lipinski definition) is 1. The lowest BCUT2D eigenvalue weighted by molar-refractivity contribution is -0.131. The van der Waals surface area contributed by atoms with Crippen molar-refractivity contribution in [1.29, 1.82) is 0 Å². The zero-order chi connectivity index (χ0) is 17.1. The molecule has 3 rings (SSSR count). The maximum absolute atomic E-state index is 12.5. The maximum atomic E-state index is 12.5. The number of aryl methyl sites for hydroxylation is 2. The monoisotopic (exact) mass is 331 g/mol. The Kier molecular flexibility index (Phi) is 4.59. The van der Waals surface area contributed by atoms with E-state index in [9.17, 15) is 9.59 Å². The molecule has 9 nitrogen and oxygen atoms in total. The van der Waals surface area contributed by atoms with Crippen molar-refractivity contribution in [1.82, 2.24) is 35.0 Å². The number of amides is 2. The van der Waals surface area contributed by atoms with E-state index >= 15 is 0 Å². The first-order valence-electron chi connectivity index (χ1n) is 7.98. The Morgan fingerprint density at radius 2 is 1.92 bits per heavy atom. The molecule has 0 aromatic carbocycles. The molecule has 0 unspecified atom stereocenters. The van der Waals surface area contributed by atoms with E-state index in [4.69, 9.17) is 0 Å². The first kappa shape index (κ1) is 16.2. The molecular formula is C15H21N7O2. The minimum absolute atomic E-state index is 0.0249. The quantitative estimate of drug-likeness (QED) is 0.853. The third-order valence-corrected chi connectivity index (χ3v) is 4.16. The zero-order valence-electron chi connectivity index (χ0n) is 13.9. The summed E-state index contributed by atoms with van der Waals surface area (Å²) in [6.45, 7) is 6.34. The van der Waals surface area contributed by atoms with Crippen molar-refractivity contribution in [2.45, 2.75) is 26.8 Å². The molecule has 9 heteroatoms. The van der Waals surface area contributed by atoms with E-state index in [0.29, 0.717) is 31.9 Å². The fourth-order valence-corrected chi connectivity index (χ4v) is 2.90. The number of aromatic nitrogens is 5. The average molecular weight is 331 g/mol. The van der Waals surface area contributed by atoms with E-state index in [2.05, 4.69) is 20.5 Å².